The van der Waals surface area contributed by atoms with Crippen molar-refractivity contribution in [1.29, 1.82) is 5.26 Å². The van der Waals surface area contributed by atoms with Crippen molar-refractivity contribution < 1.29 is 14.4 Å². The number of nitriles is 1. The Morgan fingerprint density at radius 2 is 1.92 bits per heavy atom. The molecule has 1 aromatic rings. The minimum atomic E-state index is -1.20. The van der Waals surface area contributed by atoms with Gasteiger partial charge in [0.2, 0.25) is 5.91 Å². The Bertz CT molecular complexity index is 749. The molecule has 1 heterocycles. The summed E-state index contributed by atoms with van der Waals surface area (Å²) in [6, 6.07) is 10.5. The lowest BCUT2D eigenvalue weighted by atomic mass is 9.92. The van der Waals surface area contributed by atoms with Gasteiger partial charge in [0, 0.05) is 0 Å². The van der Waals surface area contributed by atoms with Gasteiger partial charge in [0.1, 0.15) is 17.6 Å². The molecule has 2 fully saturated rings. The number of carbonyl (C=O) groups excluding carboxylic acids is 3. The summed E-state index contributed by atoms with van der Waals surface area (Å²) in [5.74, 6) is -0.972. The predicted molar refractivity (Wildman–Crippen MR) is 89.0 cm³/mol. The maximum absolute atomic E-state index is 12.8. The van der Waals surface area contributed by atoms with Gasteiger partial charge in [0.05, 0.1) is 6.07 Å². The molecule has 1 aromatic carbocycles. The number of hydrogen-bond acceptors (Lipinski definition) is 4. The highest BCUT2D eigenvalue weighted by atomic mass is 16.2. The molecular weight excluding hydrogens is 320 g/mol. The molecule has 4 amide bonds. The van der Waals surface area contributed by atoms with Crippen molar-refractivity contribution in [2.45, 2.75) is 43.7 Å². The number of imide groups is 1. The van der Waals surface area contributed by atoms with E-state index in [1.165, 1.54) is 0 Å². The highest BCUT2D eigenvalue weighted by Gasteiger charge is 2.49. The average molecular weight is 340 g/mol. The van der Waals surface area contributed by atoms with Crippen LogP contribution in [0.1, 0.15) is 38.2 Å². The van der Waals surface area contributed by atoms with Crippen LogP contribution in [0.5, 0.6) is 0 Å². The molecule has 25 heavy (non-hydrogen) atoms. The second-order valence-corrected chi connectivity index (χ2v) is 6.76. The SMILES string of the molecule is C[C@]1(c2ccccc2)NC(=O)N(CC(=O)NC2(C#N)CCCC2)C1=O. The number of rotatable bonds is 4. The summed E-state index contributed by atoms with van der Waals surface area (Å²) >= 11 is 0. The summed E-state index contributed by atoms with van der Waals surface area (Å²) in [6.07, 6.45) is 2.94. The Balaban J connectivity index is 1.73. The number of amides is 4. The first kappa shape index (κ1) is 17.0. The normalized spacial score (nSPS) is 24.7. The van der Waals surface area contributed by atoms with E-state index < -0.39 is 35.5 Å². The molecule has 2 aliphatic rings. The number of benzene rings is 1. The molecule has 0 radical (unpaired) electrons. The van der Waals surface area contributed by atoms with E-state index in [0.29, 0.717) is 18.4 Å². The number of carbonyl (C=O) groups is 3. The van der Waals surface area contributed by atoms with Crippen LogP contribution in [0.2, 0.25) is 0 Å². The Kier molecular flexibility index (Phi) is 4.21. The molecule has 7 nitrogen and oxygen atoms in total. The van der Waals surface area contributed by atoms with E-state index in [1.54, 1.807) is 31.2 Å². The molecule has 1 aliphatic carbocycles. The third-order valence-corrected chi connectivity index (χ3v) is 4.98. The van der Waals surface area contributed by atoms with E-state index in [0.717, 1.165) is 17.7 Å². The molecule has 1 saturated carbocycles. The zero-order valence-corrected chi connectivity index (χ0v) is 14.0. The Hall–Kier alpha value is -2.88. The lowest BCUT2D eigenvalue weighted by Crippen LogP contribution is -2.50. The minimum absolute atomic E-state index is 0.392. The van der Waals surface area contributed by atoms with Crippen LogP contribution in [0.3, 0.4) is 0 Å². The van der Waals surface area contributed by atoms with Gasteiger partial charge in [-0.05, 0) is 38.2 Å². The lowest BCUT2D eigenvalue weighted by Gasteiger charge is -2.24. The molecule has 0 unspecified atom stereocenters. The fourth-order valence-corrected chi connectivity index (χ4v) is 3.50. The zero-order valence-electron chi connectivity index (χ0n) is 14.0. The quantitative estimate of drug-likeness (QED) is 0.809. The summed E-state index contributed by atoms with van der Waals surface area (Å²) in [7, 11) is 0. The average Bonchev–Trinajstić information content (AvgIpc) is 3.15. The molecule has 130 valence electrons. The van der Waals surface area contributed by atoms with Crippen LogP contribution in [0.25, 0.3) is 0 Å². The molecule has 3 rings (SSSR count). The van der Waals surface area contributed by atoms with Crippen molar-refractivity contribution in [2.75, 3.05) is 6.54 Å². The maximum Gasteiger partial charge on any atom is 0.325 e. The highest BCUT2D eigenvalue weighted by Crippen LogP contribution is 2.30. The van der Waals surface area contributed by atoms with Gasteiger partial charge in [-0.1, -0.05) is 30.3 Å². The number of hydrogen-bond donors (Lipinski definition) is 2. The Labute approximate surface area is 146 Å². The van der Waals surface area contributed by atoms with E-state index >= 15 is 0 Å². The van der Waals surface area contributed by atoms with E-state index in [2.05, 4.69) is 16.7 Å². The van der Waals surface area contributed by atoms with Crippen LogP contribution in [0.15, 0.2) is 30.3 Å². The van der Waals surface area contributed by atoms with Gasteiger partial charge in [-0.25, -0.2) is 4.79 Å². The molecule has 7 heteroatoms. The van der Waals surface area contributed by atoms with Crippen LogP contribution in [0.4, 0.5) is 4.79 Å². The predicted octanol–water partition coefficient (Wildman–Crippen LogP) is 1.41. The van der Waals surface area contributed by atoms with Crippen molar-refractivity contribution in [3.63, 3.8) is 0 Å². The van der Waals surface area contributed by atoms with Gasteiger partial charge in [0.25, 0.3) is 5.91 Å². The second-order valence-electron chi connectivity index (χ2n) is 6.76. The number of nitrogens with zero attached hydrogens (tertiary/aromatic N) is 2. The topological polar surface area (TPSA) is 102 Å². The first-order valence-electron chi connectivity index (χ1n) is 8.32. The third-order valence-electron chi connectivity index (χ3n) is 4.98. The van der Waals surface area contributed by atoms with Crippen LogP contribution in [0, 0.1) is 11.3 Å². The molecule has 0 aromatic heterocycles. The standard InChI is InChI=1S/C18H20N4O3/c1-17(13-7-3-2-4-8-13)15(24)22(16(25)21-17)11-14(23)20-18(12-19)9-5-6-10-18/h2-4,7-8H,5-6,9-11H2,1H3,(H,20,23)(H,21,25)/t17-/m1/s1. The molecule has 1 saturated heterocycles. The van der Waals surface area contributed by atoms with Crippen LogP contribution in [-0.2, 0) is 15.1 Å². The molecule has 0 spiro atoms. The third kappa shape index (κ3) is 2.95. The van der Waals surface area contributed by atoms with Gasteiger partial charge in [-0.15, -0.1) is 0 Å². The van der Waals surface area contributed by atoms with Gasteiger partial charge in [-0.3, -0.25) is 14.5 Å². The van der Waals surface area contributed by atoms with Gasteiger partial charge < -0.3 is 10.6 Å². The van der Waals surface area contributed by atoms with Crippen molar-refractivity contribution in [3.8, 4) is 6.07 Å². The zero-order chi connectivity index (χ0) is 18.1. The largest absolute Gasteiger partial charge is 0.336 e. The molecular formula is C18H20N4O3. The Morgan fingerprint density at radius 3 is 2.52 bits per heavy atom. The summed E-state index contributed by atoms with van der Waals surface area (Å²) in [5.41, 5.74) is -1.42. The second kappa shape index (κ2) is 6.20. The summed E-state index contributed by atoms with van der Waals surface area (Å²) in [5, 5.41) is 14.7. The molecule has 1 atom stereocenters. The van der Waals surface area contributed by atoms with E-state index in [1.807, 2.05) is 6.07 Å². The van der Waals surface area contributed by atoms with Gasteiger partial charge in [-0.2, -0.15) is 5.26 Å². The van der Waals surface area contributed by atoms with Crippen molar-refractivity contribution in [1.82, 2.24) is 15.5 Å². The van der Waals surface area contributed by atoms with Gasteiger partial charge in [0.15, 0.2) is 0 Å². The molecule has 2 N–H and O–H groups in total. The van der Waals surface area contributed by atoms with E-state index in [9.17, 15) is 19.6 Å². The first-order valence-corrected chi connectivity index (χ1v) is 8.32. The minimum Gasteiger partial charge on any atom is -0.336 e. The van der Waals surface area contributed by atoms with Crippen molar-refractivity contribution in [3.05, 3.63) is 35.9 Å². The van der Waals surface area contributed by atoms with Crippen LogP contribution < -0.4 is 10.6 Å². The van der Waals surface area contributed by atoms with Crippen molar-refractivity contribution >= 4 is 17.8 Å². The lowest BCUT2D eigenvalue weighted by molar-refractivity contribution is -0.135. The van der Waals surface area contributed by atoms with Gasteiger partial charge >= 0.3 is 6.03 Å². The molecule has 0 bridgehead atoms. The van der Waals surface area contributed by atoms with Crippen LogP contribution in [-0.4, -0.2) is 34.8 Å². The monoisotopic (exact) mass is 340 g/mol. The number of urea groups is 1. The highest BCUT2D eigenvalue weighted by molar-refractivity contribution is 6.09. The van der Waals surface area contributed by atoms with Crippen LogP contribution >= 0.6 is 0 Å². The van der Waals surface area contributed by atoms with E-state index in [-0.39, 0.29) is 0 Å². The number of nitrogens with one attached hydrogen (secondary N) is 2. The maximum atomic E-state index is 12.8. The molecule has 1 aliphatic heterocycles. The summed E-state index contributed by atoms with van der Waals surface area (Å²) in [4.78, 5) is 38.2. The summed E-state index contributed by atoms with van der Waals surface area (Å²) < 4.78 is 0. The van der Waals surface area contributed by atoms with E-state index in [4.69, 9.17) is 0 Å². The fraction of sp³-hybridized carbons (Fsp3) is 0.444. The first-order chi connectivity index (χ1) is 11.9. The fourth-order valence-electron chi connectivity index (χ4n) is 3.50. The Morgan fingerprint density at radius 1 is 1.28 bits per heavy atom. The smallest absolute Gasteiger partial charge is 0.325 e. The summed E-state index contributed by atoms with van der Waals surface area (Å²) in [6.45, 7) is 1.23. The van der Waals surface area contributed by atoms with Crippen molar-refractivity contribution in [2.24, 2.45) is 0 Å².